The van der Waals surface area contributed by atoms with E-state index in [1.807, 2.05) is 36.4 Å². The van der Waals surface area contributed by atoms with Crippen molar-refractivity contribution in [2.45, 2.75) is 25.3 Å². The lowest BCUT2D eigenvalue weighted by Gasteiger charge is -2.32. The van der Waals surface area contributed by atoms with Crippen LogP contribution >= 0.6 is 27.5 Å². The Morgan fingerprint density at radius 1 is 1.40 bits per heavy atom. The van der Waals surface area contributed by atoms with Crippen LogP contribution in [0.15, 0.2) is 40.9 Å². The molecule has 0 aliphatic carbocycles. The van der Waals surface area contributed by atoms with Crippen LogP contribution in [-0.2, 0) is 17.6 Å². The van der Waals surface area contributed by atoms with Gasteiger partial charge in [0.15, 0.2) is 0 Å². The molecule has 1 atom stereocenters. The second-order valence-corrected chi connectivity index (χ2v) is 7.37. The molecule has 3 rings (SSSR count). The molecule has 0 unspecified atom stereocenters. The van der Waals surface area contributed by atoms with Gasteiger partial charge in [0, 0.05) is 11.0 Å². The van der Waals surface area contributed by atoms with Crippen LogP contribution in [0.25, 0.3) is 0 Å². The van der Waals surface area contributed by atoms with Crippen molar-refractivity contribution in [1.82, 2.24) is 0 Å². The zero-order valence-electron chi connectivity index (χ0n) is 14.0. The van der Waals surface area contributed by atoms with Gasteiger partial charge in [-0.3, -0.25) is 4.79 Å². The van der Waals surface area contributed by atoms with Gasteiger partial charge >= 0.3 is 0 Å². The van der Waals surface area contributed by atoms with Crippen LogP contribution in [0.2, 0.25) is 5.02 Å². The topological polar surface area (TPSA) is 55.6 Å². The number of anilines is 1. The number of rotatable bonds is 4. The molecule has 0 saturated heterocycles. The van der Waals surface area contributed by atoms with E-state index in [0.717, 1.165) is 39.9 Å². The van der Waals surface area contributed by atoms with E-state index in [1.54, 1.807) is 12.0 Å². The molecule has 25 heavy (non-hydrogen) atoms. The van der Waals surface area contributed by atoms with Gasteiger partial charge in [-0.05, 0) is 48.6 Å². The van der Waals surface area contributed by atoms with Gasteiger partial charge in [-0.1, -0.05) is 45.7 Å². The van der Waals surface area contributed by atoms with Crippen molar-refractivity contribution in [1.29, 1.82) is 0 Å². The first-order chi connectivity index (χ1) is 12.0. The normalized spacial score (nSPS) is 14.8. The molecule has 1 aliphatic rings. The quantitative estimate of drug-likeness (QED) is 0.810. The highest BCUT2D eigenvalue weighted by Crippen LogP contribution is 2.34. The third-order valence-corrected chi connectivity index (χ3v) is 5.49. The molecular formula is C19H20BrClN2O2. The van der Waals surface area contributed by atoms with E-state index in [0.29, 0.717) is 18.0 Å². The minimum Gasteiger partial charge on any atom is -0.497 e. The first-order valence-corrected chi connectivity index (χ1v) is 9.35. The molecule has 6 heteroatoms. The van der Waals surface area contributed by atoms with Crippen LogP contribution in [0.4, 0.5) is 5.69 Å². The molecule has 0 saturated carbocycles. The van der Waals surface area contributed by atoms with Crippen molar-refractivity contribution in [3.63, 3.8) is 0 Å². The Labute approximate surface area is 161 Å². The third kappa shape index (κ3) is 3.84. The van der Waals surface area contributed by atoms with Crippen molar-refractivity contribution in [3.05, 3.63) is 57.0 Å². The molecule has 0 bridgehead atoms. The van der Waals surface area contributed by atoms with Crippen LogP contribution in [0.5, 0.6) is 5.75 Å². The summed E-state index contributed by atoms with van der Waals surface area (Å²) in [6.45, 7) is 0.646. The summed E-state index contributed by atoms with van der Waals surface area (Å²) in [5.74, 6) is 0.657. The minimum absolute atomic E-state index is 0.100. The number of para-hydroxylation sites is 1. The van der Waals surface area contributed by atoms with Crippen molar-refractivity contribution in [3.8, 4) is 5.75 Å². The Morgan fingerprint density at radius 2 is 2.20 bits per heavy atom. The van der Waals surface area contributed by atoms with Gasteiger partial charge in [-0.15, -0.1) is 0 Å². The summed E-state index contributed by atoms with van der Waals surface area (Å²) in [6.07, 6.45) is 2.29. The molecule has 0 fully saturated rings. The lowest BCUT2D eigenvalue weighted by atomic mass is 9.99. The van der Waals surface area contributed by atoms with E-state index >= 15 is 0 Å². The number of benzene rings is 2. The summed E-state index contributed by atoms with van der Waals surface area (Å²) in [7, 11) is 1.62. The molecule has 1 amide bonds. The number of halogens is 2. The second kappa shape index (κ2) is 7.77. The number of amides is 1. The number of nitrogens with zero attached hydrogens (tertiary/aromatic N) is 1. The van der Waals surface area contributed by atoms with Crippen LogP contribution in [-0.4, -0.2) is 25.6 Å². The number of hydrogen-bond donors (Lipinski definition) is 1. The number of ether oxygens (including phenoxy) is 1. The van der Waals surface area contributed by atoms with Crippen LogP contribution in [0.1, 0.15) is 17.5 Å². The zero-order chi connectivity index (χ0) is 18.0. The van der Waals surface area contributed by atoms with Crippen LogP contribution < -0.4 is 15.4 Å². The summed E-state index contributed by atoms with van der Waals surface area (Å²) in [4.78, 5) is 14.7. The van der Waals surface area contributed by atoms with Crippen LogP contribution in [0, 0.1) is 0 Å². The Morgan fingerprint density at radius 3 is 2.92 bits per heavy atom. The van der Waals surface area contributed by atoms with Gasteiger partial charge < -0.3 is 15.4 Å². The van der Waals surface area contributed by atoms with Crippen LogP contribution in [0.3, 0.4) is 0 Å². The average Bonchev–Trinajstić information content (AvgIpc) is 2.62. The minimum atomic E-state index is -0.632. The van der Waals surface area contributed by atoms with Gasteiger partial charge in [0.05, 0.1) is 23.9 Å². The summed E-state index contributed by atoms with van der Waals surface area (Å²) in [5.41, 5.74) is 9.12. The van der Waals surface area contributed by atoms with Crippen molar-refractivity contribution >= 4 is 39.1 Å². The molecule has 2 N–H and O–H groups in total. The van der Waals surface area contributed by atoms with E-state index < -0.39 is 6.04 Å². The maximum absolute atomic E-state index is 13.0. The first-order valence-electron chi connectivity index (χ1n) is 8.18. The molecule has 0 radical (unpaired) electrons. The smallest absolute Gasteiger partial charge is 0.244 e. The first kappa shape index (κ1) is 18.2. The van der Waals surface area contributed by atoms with Gasteiger partial charge in [-0.2, -0.15) is 0 Å². The Kier molecular flexibility index (Phi) is 5.67. The molecule has 2 aromatic carbocycles. The highest BCUT2D eigenvalue weighted by molar-refractivity contribution is 9.10. The standard InChI is InChI=1S/C19H20BrClN2O2/c1-25-14-8-7-13(15(20)11-14)10-17(22)19(24)23-9-3-5-12-4-2-6-16(21)18(12)23/h2,4,6-8,11,17H,3,5,9-10,22H2,1H3/t17-/m0/s1. The maximum Gasteiger partial charge on any atom is 0.244 e. The molecule has 1 aliphatic heterocycles. The zero-order valence-corrected chi connectivity index (χ0v) is 16.3. The Balaban J connectivity index is 1.80. The molecule has 4 nitrogen and oxygen atoms in total. The second-order valence-electron chi connectivity index (χ2n) is 6.11. The highest BCUT2D eigenvalue weighted by Gasteiger charge is 2.28. The molecule has 2 aromatic rings. The lowest BCUT2D eigenvalue weighted by molar-refractivity contribution is -0.119. The number of hydrogen-bond acceptors (Lipinski definition) is 3. The summed E-state index contributed by atoms with van der Waals surface area (Å²) >= 11 is 9.87. The Bertz CT molecular complexity index is 797. The fourth-order valence-electron chi connectivity index (χ4n) is 3.17. The summed E-state index contributed by atoms with van der Waals surface area (Å²) < 4.78 is 6.08. The molecule has 0 aromatic heterocycles. The third-order valence-electron chi connectivity index (χ3n) is 4.45. The molecular weight excluding hydrogens is 404 g/mol. The monoisotopic (exact) mass is 422 g/mol. The van der Waals surface area contributed by atoms with E-state index in [9.17, 15) is 4.79 Å². The predicted molar refractivity (Wildman–Crippen MR) is 104 cm³/mol. The van der Waals surface area contributed by atoms with Gasteiger partial charge in [0.2, 0.25) is 5.91 Å². The Hall–Kier alpha value is -1.56. The molecule has 132 valence electrons. The van der Waals surface area contributed by atoms with Crippen molar-refractivity contribution < 1.29 is 9.53 Å². The fraction of sp³-hybridized carbons (Fsp3) is 0.316. The molecule has 0 spiro atoms. The predicted octanol–water partition coefficient (Wildman–Crippen LogP) is 3.96. The van der Waals surface area contributed by atoms with E-state index in [1.165, 1.54) is 0 Å². The number of methoxy groups -OCH3 is 1. The number of carbonyl (C=O) groups is 1. The van der Waals surface area contributed by atoms with Crippen molar-refractivity contribution in [2.75, 3.05) is 18.6 Å². The molecule has 1 heterocycles. The average molecular weight is 424 g/mol. The van der Waals surface area contributed by atoms with Gasteiger partial charge in [-0.25, -0.2) is 0 Å². The van der Waals surface area contributed by atoms with E-state index in [2.05, 4.69) is 15.9 Å². The summed E-state index contributed by atoms with van der Waals surface area (Å²) in [5, 5.41) is 0.600. The van der Waals surface area contributed by atoms with E-state index in [4.69, 9.17) is 22.1 Å². The SMILES string of the molecule is COc1ccc(C[C@H](N)C(=O)N2CCCc3cccc(Cl)c32)c(Br)c1. The van der Waals surface area contributed by atoms with Crippen molar-refractivity contribution in [2.24, 2.45) is 5.73 Å². The largest absolute Gasteiger partial charge is 0.497 e. The van der Waals surface area contributed by atoms with Gasteiger partial charge in [0.1, 0.15) is 5.75 Å². The lowest BCUT2D eigenvalue weighted by Crippen LogP contribution is -2.47. The number of nitrogens with two attached hydrogens (primary N) is 1. The van der Waals surface area contributed by atoms with E-state index in [-0.39, 0.29) is 5.91 Å². The highest BCUT2D eigenvalue weighted by atomic mass is 79.9. The number of aryl methyl sites for hydroxylation is 1. The summed E-state index contributed by atoms with van der Waals surface area (Å²) in [6, 6.07) is 10.8. The number of carbonyl (C=O) groups excluding carboxylic acids is 1. The van der Waals surface area contributed by atoms with Gasteiger partial charge in [0.25, 0.3) is 0 Å². The maximum atomic E-state index is 13.0. The number of fused-ring (bicyclic) bond motifs is 1. The fourth-order valence-corrected chi connectivity index (χ4v) is 3.98.